The van der Waals surface area contributed by atoms with Gasteiger partial charge in [0.05, 0.1) is 17.2 Å². The number of hydrogen-bond donors (Lipinski definition) is 2. The van der Waals surface area contributed by atoms with E-state index in [1.807, 2.05) is 23.0 Å². The molecule has 0 saturated carbocycles. The number of rotatable bonds is 3. The van der Waals surface area contributed by atoms with Crippen LogP contribution in [0.1, 0.15) is 5.56 Å². The summed E-state index contributed by atoms with van der Waals surface area (Å²) in [6, 6.07) is 8.09. The number of benzene rings is 1. The molecule has 2 rings (SSSR count). The highest BCUT2D eigenvalue weighted by atomic mass is 79.9. The van der Waals surface area contributed by atoms with Gasteiger partial charge >= 0.3 is 0 Å². The molecule has 2 aromatic rings. The number of nitrogens with zero attached hydrogens (tertiary/aromatic N) is 2. The van der Waals surface area contributed by atoms with Crippen LogP contribution >= 0.6 is 28.1 Å². The molecule has 2 N–H and O–H groups in total. The molecular weight excluding hydrogens is 312 g/mol. The van der Waals surface area contributed by atoms with Gasteiger partial charge in [-0.3, -0.25) is 4.68 Å². The highest BCUT2D eigenvalue weighted by Gasteiger charge is 2.00. The Kier molecular flexibility index (Phi) is 4.33. The van der Waals surface area contributed by atoms with Crippen molar-refractivity contribution in [1.82, 2.24) is 15.1 Å². The zero-order valence-electron chi connectivity index (χ0n) is 9.85. The summed E-state index contributed by atoms with van der Waals surface area (Å²) in [4.78, 5) is 0. The molecule has 0 aliphatic rings. The van der Waals surface area contributed by atoms with Crippen LogP contribution in [0.15, 0.2) is 41.1 Å². The molecule has 18 heavy (non-hydrogen) atoms. The number of halogens is 1. The fourth-order valence-electron chi connectivity index (χ4n) is 1.55. The van der Waals surface area contributed by atoms with Gasteiger partial charge in [0.25, 0.3) is 0 Å². The zero-order chi connectivity index (χ0) is 13.0. The monoisotopic (exact) mass is 324 g/mol. The van der Waals surface area contributed by atoms with Crippen molar-refractivity contribution in [2.75, 3.05) is 12.4 Å². The largest absolute Gasteiger partial charge is 0.366 e. The second kappa shape index (κ2) is 5.97. The fourth-order valence-corrected chi connectivity index (χ4v) is 2.00. The van der Waals surface area contributed by atoms with Crippen molar-refractivity contribution in [3.8, 4) is 0 Å². The highest BCUT2D eigenvalue weighted by Crippen LogP contribution is 2.13. The van der Waals surface area contributed by atoms with Crippen LogP contribution in [-0.2, 0) is 6.54 Å². The maximum absolute atomic E-state index is 5.07. The predicted octanol–water partition coefficient (Wildman–Crippen LogP) is 2.61. The van der Waals surface area contributed by atoms with Gasteiger partial charge in [-0.1, -0.05) is 12.1 Å². The van der Waals surface area contributed by atoms with E-state index in [1.54, 1.807) is 13.2 Å². The van der Waals surface area contributed by atoms with Crippen molar-refractivity contribution in [3.05, 3.63) is 46.7 Å². The second-order valence-electron chi connectivity index (χ2n) is 3.76. The van der Waals surface area contributed by atoms with Crippen molar-refractivity contribution in [2.45, 2.75) is 6.54 Å². The molecule has 0 aliphatic heterocycles. The molecule has 94 valence electrons. The first kappa shape index (κ1) is 13.0. The van der Waals surface area contributed by atoms with Gasteiger partial charge in [0, 0.05) is 18.9 Å². The molecule has 0 fully saturated rings. The summed E-state index contributed by atoms with van der Waals surface area (Å²) >= 11 is 8.45. The Balaban J connectivity index is 2.09. The van der Waals surface area contributed by atoms with Gasteiger partial charge in [0.15, 0.2) is 5.11 Å². The molecule has 0 spiro atoms. The molecule has 0 aliphatic carbocycles. The average Bonchev–Trinajstić information content (AvgIpc) is 2.75. The molecule has 1 heterocycles. The van der Waals surface area contributed by atoms with Crippen LogP contribution in [-0.4, -0.2) is 21.9 Å². The lowest BCUT2D eigenvalue weighted by Gasteiger charge is -2.09. The Morgan fingerprint density at radius 3 is 3.00 bits per heavy atom. The predicted molar refractivity (Wildman–Crippen MR) is 80.8 cm³/mol. The second-order valence-corrected chi connectivity index (χ2v) is 5.08. The zero-order valence-corrected chi connectivity index (χ0v) is 12.3. The smallest absolute Gasteiger partial charge is 0.170 e. The van der Waals surface area contributed by atoms with Gasteiger partial charge < -0.3 is 10.6 Å². The van der Waals surface area contributed by atoms with Gasteiger partial charge in [-0.2, -0.15) is 5.10 Å². The lowest BCUT2D eigenvalue weighted by Crippen LogP contribution is -2.24. The Morgan fingerprint density at radius 1 is 1.50 bits per heavy atom. The van der Waals surface area contributed by atoms with Crippen LogP contribution in [0.3, 0.4) is 0 Å². The van der Waals surface area contributed by atoms with Crippen molar-refractivity contribution >= 4 is 38.9 Å². The minimum Gasteiger partial charge on any atom is -0.366 e. The van der Waals surface area contributed by atoms with Crippen molar-refractivity contribution in [3.63, 3.8) is 0 Å². The first-order chi connectivity index (χ1) is 8.67. The third kappa shape index (κ3) is 3.54. The number of thiocarbonyl (C=S) groups is 1. The van der Waals surface area contributed by atoms with Gasteiger partial charge in [-0.15, -0.1) is 0 Å². The van der Waals surface area contributed by atoms with Crippen LogP contribution in [0.4, 0.5) is 5.69 Å². The lowest BCUT2D eigenvalue weighted by atomic mass is 10.2. The van der Waals surface area contributed by atoms with E-state index in [1.165, 1.54) is 0 Å². The first-order valence-electron chi connectivity index (χ1n) is 5.43. The molecule has 0 unspecified atom stereocenters. The summed E-state index contributed by atoms with van der Waals surface area (Å²) in [6.07, 6.45) is 3.72. The van der Waals surface area contributed by atoms with E-state index in [-0.39, 0.29) is 0 Å². The third-order valence-electron chi connectivity index (χ3n) is 2.36. The topological polar surface area (TPSA) is 41.9 Å². The van der Waals surface area contributed by atoms with Gasteiger partial charge in [0.1, 0.15) is 0 Å². The average molecular weight is 325 g/mol. The third-order valence-corrected chi connectivity index (χ3v) is 3.07. The quantitative estimate of drug-likeness (QED) is 0.852. The molecule has 0 amide bonds. The van der Waals surface area contributed by atoms with Crippen molar-refractivity contribution < 1.29 is 0 Å². The van der Waals surface area contributed by atoms with Gasteiger partial charge in [-0.25, -0.2) is 0 Å². The van der Waals surface area contributed by atoms with E-state index >= 15 is 0 Å². The van der Waals surface area contributed by atoms with Crippen LogP contribution in [0.25, 0.3) is 0 Å². The lowest BCUT2D eigenvalue weighted by molar-refractivity contribution is 0.687. The van der Waals surface area contributed by atoms with E-state index in [9.17, 15) is 0 Å². The Bertz CT molecular complexity index is 553. The molecule has 6 heteroatoms. The van der Waals surface area contributed by atoms with Gasteiger partial charge in [-0.05, 0) is 45.8 Å². The molecule has 1 aromatic carbocycles. The fraction of sp³-hybridized carbons (Fsp3) is 0.167. The molecule has 0 radical (unpaired) electrons. The molecular formula is C12H13BrN4S. The molecule has 0 saturated heterocycles. The van der Waals surface area contributed by atoms with E-state index < -0.39 is 0 Å². The minimum absolute atomic E-state index is 0.606. The van der Waals surface area contributed by atoms with Crippen molar-refractivity contribution in [1.29, 1.82) is 0 Å². The normalized spacial score (nSPS) is 10.1. The summed E-state index contributed by atoms with van der Waals surface area (Å²) in [5, 5.41) is 10.8. The van der Waals surface area contributed by atoms with E-state index in [2.05, 4.69) is 43.8 Å². The Hall–Kier alpha value is -1.40. The Labute approximate surface area is 120 Å². The summed E-state index contributed by atoms with van der Waals surface area (Å²) in [7, 11) is 1.79. The highest BCUT2D eigenvalue weighted by molar-refractivity contribution is 9.10. The van der Waals surface area contributed by atoms with Crippen LogP contribution in [0.5, 0.6) is 0 Å². The minimum atomic E-state index is 0.606. The summed E-state index contributed by atoms with van der Waals surface area (Å²) in [5.74, 6) is 0. The number of hydrogen-bond acceptors (Lipinski definition) is 2. The molecule has 4 nitrogen and oxygen atoms in total. The summed E-state index contributed by atoms with van der Waals surface area (Å²) in [6.45, 7) is 0.730. The number of nitrogens with one attached hydrogen (secondary N) is 2. The van der Waals surface area contributed by atoms with E-state index in [0.29, 0.717) is 5.11 Å². The van der Waals surface area contributed by atoms with Crippen LogP contribution < -0.4 is 10.6 Å². The number of aromatic nitrogens is 2. The van der Waals surface area contributed by atoms with Crippen molar-refractivity contribution in [2.24, 2.45) is 0 Å². The van der Waals surface area contributed by atoms with Crippen LogP contribution in [0, 0.1) is 0 Å². The molecule has 0 bridgehead atoms. The maximum atomic E-state index is 5.07. The first-order valence-corrected chi connectivity index (χ1v) is 6.63. The standard InChI is InChI=1S/C12H13BrN4S/c1-14-12(18)16-11-4-2-3-9(5-11)7-17-8-10(13)6-15-17/h2-6,8H,7H2,1H3,(H2,14,16,18). The van der Waals surface area contributed by atoms with Crippen LogP contribution in [0.2, 0.25) is 0 Å². The SMILES string of the molecule is CNC(=S)Nc1cccc(Cn2cc(Br)cn2)c1. The van der Waals surface area contributed by atoms with E-state index in [0.717, 1.165) is 22.3 Å². The van der Waals surface area contributed by atoms with E-state index in [4.69, 9.17) is 12.2 Å². The summed E-state index contributed by atoms with van der Waals surface area (Å²) < 4.78 is 2.85. The molecule has 0 atom stereocenters. The molecule has 1 aromatic heterocycles. The van der Waals surface area contributed by atoms with Gasteiger partial charge in [0.2, 0.25) is 0 Å². The summed E-state index contributed by atoms with van der Waals surface area (Å²) in [5.41, 5.74) is 2.13. The Morgan fingerprint density at radius 2 is 2.33 bits per heavy atom. The number of anilines is 1. The maximum Gasteiger partial charge on any atom is 0.170 e.